The molecule has 0 bridgehead atoms. The Kier molecular flexibility index (Phi) is 5.09. The van der Waals surface area contributed by atoms with Gasteiger partial charge in [-0.2, -0.15) is 5.26 Å². The van der Waals surface area contributed by atoms with Crippen LogP contribution in [0, 0.1) is 11.3 Å². The van der Waals surface area contributed by atoms with Gasteiger partial charge in [0.2, 0.25) is 0 Å². The van der Waals surface area contributed by atoms with Gasteiger partial charge >= 0.3 is 0 Å². The molecule has 0 radical (unpaired) electrons. The first-order chi connectivity index (χ1) is 13.2. The van der Waals surface area contributed by atoms with E-state index in [0.29, 0.717) is 10.6 Å². The van der Waals surface area contributed by atoms with Gasteiger partial charge in [-0.3, -0.25) is 0 Å². The number of piperidine rings is 1. The third kappa shape index (κ3) is 3.82. The lowest BCUT2D eigenvalue weighted by atomic mass is 10.0. The van der Waals surface area contributed by atoms with Crippen molar-refractivity contribution in [1.29, 1.82) is 5.26 Å². The highest BCUT2D eigenvalue weighted by Crippen LogP contribution is 2.30. The Balaban J connectivity index is 1.85. The third-order valence-electron chi connectivity index (χ3n) is 4.96. The number of para-hydroxylation sites is 1. The van der Waals surface area contributed by atoms with Crippen molar-refractivity contribution in [2.45, 2.75) is 19.3 Å². The molecule has 4 rings (SSSR count). The van der Waals surface area contributed by atoms with E-state index in [2.05, 4.69) is 23.1 Å². The number of aromatic nitrogens is 1. The number of nitriles is 1. The van der Waals surface area contributed by atoms with Crippen LogP contribution in [-0.2, 0) is 0 Å². The minimum absolute atomic E-state index is 0.613. The van der Waals surface area contributed by atoms with E-state index in [0.717, 1.165) is 40.9 Å². The quantitative estimate of drug-likeness (QED) is 0.533. The number of nitrogens with zero attached hydrogens (tertiary/aromatic N) is 3. The molecule has 0 amide bonds. The maximum absolute atomic E-state index is 9.74. The SMILES string of the molecule is N#C/C(=C/c1cc2ccccc2nc1N1CCCCC1)c1ccc(Cl)cc1. The second-order valence-electron chi connectivity index (χ2n) is 6.82. The van der Waals surface area contributed by atoms with Gasteiger partial charge < -0.3 is 4.90 Å². The summed E-state index contributed by atoms with van der Waals surface area (Å²) >= 11 is 5.99. The lowest BCUT2D eigenvalue weighted by molar-refractivity contribution is 0.574. The first-order valence-corrected chi connectivity index (χ1v) is 9.65. The number of anilines is 1. The first kappa shape index (κ1) is 17.6. The molecule has 27 heavy (non-hydrogen) atoms. The van der Waals surface area contributed by atoms with Crippen LogP contribution < -0.4 is 4.90 Å². The number of pyridine rings is 1. The average molecular weight is 374 g/mol. The Morgan fingerprint density at radius 1 is 1.04 bits per heavy atom. The Morgan fingerprint density at radius 2 is 1.78 bits per heavy atom. The molecule has 2 heterocycles. The Hall–Kier alpha value is -2.83. The summed E-state index contributed by atoms with van der Waals surface area (Å²) in [6, 6.07) is 20.0. The van der Waals surface area contributed by atoms with Gasteiger partial charge in [-0.15, -0.1) is 0 Å². The van der Waals surface area contributed by atoms with Crippen molar-refractivity contribution in [3.8, 4) is 6.07 Å². The molecule has 1 aromatic heterocycles. The maximum atomic E-state index is 9.74. The molecule has 0 spiro atoms. The minimum Gasteiger partial charge on any atom is -0.356 e. The van der Waals surface area contributed by atoms with Crippen molar-refractivity contribution in [3.63, 3.8) is 0 Å². The minimum atomic E-state index is 0.613. The molecule has 1 saturated heterocycles. The first-order valence-electron chi connectivity index (χ1n) is 9.27. The van der Waals surface area contributed by atoms with Gasteiger partial charge in [0.25, 0.3) is 0 Å². The molecule has 3 aromatic rings. The third-order valence-corrected chi connectivity index (χ3v) is 5.22. The summed E-state index contributed by atoms with van der Waals surface area (Å²) in [6.45, 7) is 2.02. The van der Waals surface area contributed by atoms with Crippen molar-refractivity contribution in [2.24, 2.45) is 0 Å². The van der Waals surface area contributed by atoms with Crippen LogP contribution in [0.3, 0.4) is 0 Å². The lowest BCUT2D eigenvalue weighted by Gasteiger charge is -2.29. The van der Waals surface area contributed by atoms with Crippen molar-refractivity contribution in [1.82, 2.24) is 4.98 Å². The smallest absolute Gasteiger partial charge is 0.136 e. The van der Waals surface area contributed by atoms with Crippen molar-refractivity contribution < 1.29 is 0 Å². The Morgan fingerprint density at radius 3 is 2.52 bits per heavy atom. The molecule has 0 unspecified atom stereocenters. The fourth-order valence-electron chi connectivity index (χ4n) is 3.55. The van der Waals surface area contributed by atoms with Crippen LogP contribution in [0.5, 0.6) is 0 Å². The zero-order valence-electron chi connectivity index (χ0n) is 15.0. The monoisotopic (exact) mass is 373 g/mol. The van der Waals surface area contributed by atoms with Crippen molar-refractivity contribution >= 4 is 40.0 Å². The van der Waals surface area contributed by atoms with E-state index >= 15 is 0 Å². The molecule has 134 valence electrons. The summed E-state index contributed by atoms with van der Waals surface area (Å²) in [5.74, 6) is 0.968. The highest BCUT2D eigenvalue weighted by molar-refractivity contribution is 6.30. The zero-order valence-corrected chi connectivity index (χ0v) is 15.8. The fourth-order valence-corrected chi connectivity index (χ4v) is 3.68. The van der Waals surface area contributed by atoms with Crippen molar-refractivity contribution in [2.75, 3.05) is 18.0 Å². The van der Waals surface area contributed by atoms with Crippen LogP contribution in [0.4, 0.5) is 5.82 Å². The molecular formula is C23H20ClN3. The summed E-state index contributed by atoms with van der Waals surface area (Å²) in [5.41, 5.74) is 3.45. The molecule has 0 N–H and O–H groups in total. The van der Waals surface area contributed by atoms with E-state index in [9.17, 15) is 5.26 Å². The zero-order chi connectivity index (χ0) is 18.6. The summed E-state index contributed by atoms with van der Waals surface area (Å²) in [4.78, 5) is 7.29. The molecule has 3 nitrogen and oxygen atoms in total. The number of allylic oxidation sites excluding steroid dienone is 1. The Bertz CT molecular complexity index is 1030. The predicted molar refractivity (Wildman–Crippen MR) is 113 cm³/mol. The number of benzene rings is 2. The molecule has 1 aliphatic heterocycles. The van der Waals surface area contributed by atoms with E-state index in [4.69, 9.17) is 16.6 Å². The summed E-state index contributed by atoms with van der Waals surface area (Å²) in [7, 11) is 0. The molecule has 1 aliphatic rings. The highest BCUT2D eigenvalue weighted by Gasteiger charge is 2.17. The van der Waals surface area contributed by atoms with Gasteiger partial charge in [-0.1, -0.05) is 41.9 Å². The molecular weight excluding hydrogens is 354 g/mol. The fraction of sp³-hybridized carbons (Fsp3) is 0.217. The second-order valence-corrected chi connectivity index (χ2v) is 7.25. The lowest BCUT2D eigenvalue weighted by Crippen LogP contribution is -2.30. The van der Waals surface area contributed by atoms with Gasteiger partial charge in [0, 0.05) is 29.1 Å². The number of hydrogen-bond donors (Lipinski definition) is 0. The number of rotatable bonds is 3. The van der Waals surface area contributed by atoms with Gasteiger partial charge in [0.15, 0.2) is 0 Å². The molecule has 4 heteroatoms. The molecule has 0 aliphatic carbocycles. The van der Waals surface area contributed by atoms with E-state index in [-0.39, 0.29) is 0 Å². The van der Waals surface area contributed by atoms with Crippen LogP contribution in [0.15, 0.2) is 54.6 Å². The summed E-state index contributed by atoms with van der Waals surface area (Å²) in [5, 5.41) is 11.5. The standard InChI is InChI=1S/C23H20ClN3/c24-21-10-8-17(9-11-21)20(16-25)15-19-14-18-6-2-3-7-22(18)26-23(19)27-12-4-1-5-13-27/h2-3,6-11,14-15H,1,4-5,12-13H2/b20-15-. The molecule has 1 fully saturated rings. The van der Waals surface area contributed by atoms with Crippen LogP contribution in [-0.4, -0.2) is 18.1 Å². The van der Waals surface area contributed by atoms with Gasteiger partial charge in [-0.25, -0.2) is 4.98 Å². The summed E-state index contributed by atoms with van der Waals surface area (Å²) in [6.07, 6.45) is 5.58. The van der Waals surface area contributed by atoms with Gasteiger partial charge in [-0.05, 0) is 55.2 Å². The highest BCUT2D eigenvalue weighted by atomic mass is 35.5. The van der Waals surface area contributed by atoms with Crippen LogP contribution in [0.1, 0.15) is 30.4 Å². The van der Waals surface area contributed by atoms with E-state index < -0.39 is 0 Å². The average Bonchev–Trinajstić information content (AvgIpc) is 2.73. The van der Waals surface area contributed by atoms with Crippen molar-refractivity contribution in [3.05, 3.63) is 70.7 Å². The molecule has 0 saturated carbocycles. The second kappa shape index (κ2) is 7.82. The molecule has 2 aromatic carbocycles. The van der Waals surface area contributed by atoms with E-state index in [1.165, 1.54) is 19.3 Å². The van der Waals surface area contributed by atoms with Crippen LogP contribution >= 0.6 is 11.6 Å². The summed E-state index contributed by atoms with van der Waals surface area (Å²) < 4.78 is 0. The number of halogens is 1. The maximum Gasteiger partial charge on any atom is 0.136 e. The normalized spacial score (nSPS) is 15.0. The van der Waals surface area contributed by atoms with E-state index in [1.807, 2.05) is 48.5 Å². The van der Waals surface area contributed by atoms with Gasteiger partial charge in [0.1, 0.15) is 5.82 Å². The topological polar surface area (TPSA) is 39.9 Å². The largest absolute Gasteiger partial charge is 0.356 e. The van der Waals surface area contributed by atoms with Gasteiger partial charge in [0.05, 0.1) is 17.2 Å². The predicted octanol–water partition coefficient (Wildman–Crippen LogP) is 5.94. The van der Waals surface area contributed by atoms with E-state index in [1.54, 1.807) is 0 Å². The number of hydrogen-bond acceptors (Lipinski definition) is 3. The van der Waals surface area contributed by atoms with Crippen LogP contribution in [0.2, 0.25) is 5.02 Å². The molecule has 0 atom stereocenters. The number of fused-ring (bicyclic) bond motifs is 1. The van der Waals surface area contributed by atoms with Crippen LogP contribution in [0.25, 0.3) is 22.6 Å². The Labute approximate surface area is 164 Å².